The molecule has 0 fully saturated rings. The van der Waals surface area contributed by atoms with E-state index < -0.39 is 5.41 Å². The SMILES string of the molecule is CC(C)(C)c1cc(-c2cc3c4cc(C(C)(C)C)cc5c6cc(C(C)(C)C)cc7c8cc(C(C)(C)C)cc9c%10cc(C(C)(C)C)cc%11c%12cc(C(C)(C)C)cc%13c(c2)c3c2c(c45)c(c67)c(c89)c(c%11%10)c2c%13%12)c2c(c1)C(C)(C)c1cc(C(C)(C)C)cc(-c3cc4c5cc(C(C)(C)C)cc6c7cc(C(C)(C)C)cc8c9cc(C(C)(C)C)cc%10c%11cc(C(C)(C)C)cc%12c%13cc(C(C)(C)C)cc%14c(c3)c4c3c(c56)c(c78)c(c9%10)c(c%12%11)c3c%14%13)c1O2. The number of benzene rings is 28. The smallest absolute Gasteiger partial charge is 0.139 e. The number of ether oxygens (including phenoxy) is 1. The number of hydrogen-bond acceptors (Lipinski definition) is 1. The maximum atomic E-state index is 8.79. The lowest BCUT2D eigenvalue weighted by Crippen LogP contribution is -2.27. The Morgan fingerprint density at radius 2 is 0.230 bits per heavy atom. The van der Waals surface area contributed by atoms with Gasteiger partial charge in [-0.15, -0.1) is 0 Å². The van der Waals surface area contributed by atoms with Crippen LogP contribution in [0.1, 0.15) is 341 Å². The highest BCUT2D eigenvalue weighted by molar-refractivity contribution is 6.64. The predicted molar refractivity (Wildman–Crippen MR) is 655 cm³/mol. The first-order valence-electron chi connectivity index (χ1n) is 55.6. The molecule has 148 heavy (non-hydrogen) atoms. The molecule has 1 heterocycles. The fourth-order valence-corrected chi connectivity index (χ4v) is 29.1. The highest BCUT2D eigenvalue weighted by Gasteiger charge is 2.45. The first-order valence-corrected chi connectivity index (χ1v) is 55.6. The highest BCUT2D eigenvalue weighted by atomic mass is 16.5. The van der Waals surface area contributed by atoms with E-state index in [1.54, 1.807) is 0 Å². The summed E-state index contributed by atoms with van der Waals surface area (Å²) in [5.74, 6) is 1.88. The lowest BCUT2D eigenvalue weighted by Gasteiger charge is -2.39. The third-order valence-electron chi connectivity index (χ3n) is 37.9. The van der Waals surface area contributed by atoms with Crippen molar-refractivity contribution < 1.29 is 4.74 Å². The molecule has 736 valence electrons. The van der Waals surface area contributed by atoms with Crippen LogP contribution in [0.4, 0.5) is 0 Å². The summed E-state index contributed by atoms with van der Waals surface area (Å²) in [5, 5.41) is 66.4. The molecule has 0 spiro atoms. The van der Waals surface area contributed by atoms with Crippen molar-refractivity contribution in [1.29, 1.82) is 0 Å². The van der Waals surface area contributed by atoms with E-state index in [4.69, 9.17) is 4.74 Å². The van der Waals surface area contributed by atoms with Crippen molar-refractivity contribution in [3.8, 4) is 33.8 Å². The third-order valence-corrected chi connectivity index (χ3v) is 37.9. The molecule has 0 bridgehead atoms. The molecule has 0 aliphatic carbocycles. The summed E-state index contributed by atoms with van der Waals surface area (Å²) in [6.45, 7) is 93.2. The zero-order chi connectivity index (χ0) is 104. The van der Waals surface area contributed by atoms with Crippen LogP contribution in [-0.4, -0.2) is 0 Å². The Morgan fingerprint density at radius 1 is 0.128 bits per heavy atom. The minimum Gasteiger partial charge on any atom is -0.455 e. The fraction of sp³-hybridized carbons (Fsp3) is 0.347. The minimum atomic E-state index is -0.602. The lowest BCUT2D eigenvalue weighted by molar-refractivity contribution is 0.418. The monoisotopic (exact) mass is 1920 g/mol. The first kappa shape index (κ1) is 91.5. The summed E-state index contributed by atoms with van der Waals surface area (Å²) in [5.41, 5.74) is 20.3. The Balaban J connectivity index is 0.788. The molecular formula is C147H142O. The molecule has 1 nitrogen and oxygen atoms in total. The van der Waals surface area contributed by atoms with Crippen molar-refractivity contribution in [2.45, 2.75) is 333 Å². The van der Waals surface area contributed by atoms with Crippen molar-refractivity contribution in [3.05, 3.63) is 248 Å². The third kappa shape index (κ3) is 11.5. The largest absolute Gasteiger partial charge is 0.455 e. The van der Waals surface area contributed by atoms with Crippen LogP contribution < -0.4 is 4.74 Å². The molecule has 28 aromatic carbocycles. The van der Waals surface area contributed by atoms with Gasteiger partial charge in [0.15, 0.2) is 0 Å². The maximum Gasteiger partial charge on any atom is 0.139 e. The standard InChI is InChI=1S/C147H142O/c1-135(2,3)69-45-87-83-39-67(40-84-88-46-70(136(4,5)6)50-92-96-54-74(140(16,17)18)58-100-104-62-77(143(25,26)27)61-103-99-57-73(139(13,14)15)53-95-91(49-69)111(87)123-121(109(83)84)124(112(88)92)128(116(96)100)131(119(103)104)127(123)115(95)99)81-43-79(145(31,32)33)65-107-133(81)148-134-82(44-80(146(34,35)36)66-108(134)147(107,37)38)68-41-85-89-47-71(137(7,8)9)51-93-97-55-75(141(19,20)21)59-101-105-63-78(144(28,29)30)64-106-102-60-76(142(22,23)24)56-98-94-52-72(138(10,11)12)48-90-86(42-68)110(85)122-125(113(89)93)129(117(97)101)132(120(105)106)130(118(98)102)126(122)114(90)94/h39-66H,1-38H3. The zero-order valence-corrected chi connectivity index (χ0v) is 95.1. The van der Waals surface area contributed by atoms with Gasteiger partial charge in [0.2, 0.25) is 0 Å². The average Bonchev–Trinajstić information content (AvgIpc) is 0.640. The van der Waals surface area contributed by atoms with E-state index in [2.05, 4.69) is 433 Å². The molecule has 28 aromatic rings. The van der Waals surface area contributed by atoms with Gasteiger partial charge in [-0.1, -0.05) is 275 Å². The van der Waals surface area contributed by atoms with E-state index in [-0.39, 0.29) is 65.0 Å². The van der Waals surface area contributed by atoms with Crippen molar-refractivity contribution in [1.82, 2.24) is 0 Å². The molecule has 1 heteroatoms. The molecule has 29 rings (SSSR count). The van der Waals surface area contributed by atoms with Crippen LogP contribution in [0, 0.1) is 0 Å². The van der Waals surface area contributed by atoms with Gasteiger partial charge >= 0.3 is 0 Å². The summed E-state index contributed by atoms with van der Waals surface area (Å²) in [6.07, 6.45) is 0. The predicted octanol–water partition coefficient (Wildman–Crippen LogP) is 44.0. The molecule has 1 aliphatic rings. The van der Waals surface area contributed by atoms with Gasteiger partial charge in [-0.05, 0) is 559 Å². The summed E-state index contributed by atoms with van der Waals surface area (Å²) >= 11 is 0. The molecule has 0 atom stereocenters. The topological polar surface area (TPSA) is 9.23 Å². The molecular weight excluding hydrogens is 1780 g/mol. The van der Waals surface area contributed by atoms with Gasteiger partial charge in [-0.3, -0.25) is 0 Å². The van der Waals surface area contributed by atoms with E-state index in [1.807, 2.05) is 0 Å². The Labute approximate surface area is 871 Å². The Hall–Kier alpha value is -12.7. The second-order valence-corrected chi connectivity index (χ2v) is 60.4. The van der Waals surface area contributed by atoms with Gasteiger partial charge in [-0.25, -0.2) is 0 Å². The molecule has 0 aromatic heterocycles. The van der Waals surface area contributed by atoms with Crippen LogP contribution in [0.5, 0.6) is 11.5 Å². The van der Waals surface area contributed by atoms with Gasteiger partial charge in [0.25, 0.3) is 0 Å². The summed E-state index contributed by atoms with van der Waals surface area (Å²) in [6, 6.07) is 74.5. The normalized spacial score (nSPS) is 15.2. The maximum absolute atomic E-state index is 8.79. The molecule has 0 amide bonds. The molecule has 0 N–H and O–H groups in total. The zero-order valence-electron chi connectivity index (χ0n) is 95.1. The molecule has 1 aliphatic heterocycles. The van der Waals surface area contributed by atoms with E-state index in [0.717, 1.165) is 22.6 Å². The second kappa shape index (κ2) is 26.8. The molecule has 0 unspecified atom stereocenters. The average molecular weight is 1920 g/mol. The van der Waals surface area contributed by atoms with Crippen molar-refractivity contribution in [2.75, 3.05) is 0 Å². The highest BCUT2D eigenvalue weighted by Crippen LogP contribution is 2.69. The lowest BCUT2D eigenvalue weighted by atomic mass is 9.69. The Kier molecular flexibility index (Phi) is 16.6. The van der Waals surface area contributed by atoms with Gasteiger partial charge in [-0.2, -0.15) is 0 Å². The summed E-state index contributed by atoms with van der Waals surface area (Å²) in [7, 11) is 0. The van der Waals surface area contributed by atoms with Crippen molar-refractivity contribution in [3.63, 3.8) is 0 Å². The molecule has 0 saturated heterocycles. The van der Waals surface area contributed by atoms with Crippen LogP contribution in [-0.2, 0) is 70.4 Å². The Bertz CT molecular complexity index is 9720. The van der Waals surface area contributed by atoms with E-state index in [9.17, 15) is 0 Å². The van der Waals surface area contributed by atoms with Crippen molar-refractivity contribution >= 4 is 259 Å². The van der Waals surface area contributed by atoms with Crippen molar-refractivity contribution in [2.24, 2.45) is 0 Å². The quantitative estimate of drug-likeness (QED) is 0.124. The second-order valence-electron chi connectivity index (χ2n) is 60.4. The van der Waals surface area contributed by atoms with Gasteiger partial charge < -0.3 is 4.74 Å². The Morgan fingerprint density at radius 3 is 0.338 bits per heavy atom. The number of hydrogen-bond donors (Lipinski definition) is 0. The van der Waals surface area contributed by atoms with Gasteiger partial charge in [0.05, 0.1) is 0 Å². The first-order chi connectivity index (χ1) is 68.7. The van der Waals surface area contributed by atoms with Crippen LogP contribution in [0.3, 0.4) is 0 Å². The summed E-state index contributed by atoms with van der Waals surface area (Å²) in [4.78, 5) is 0. The molecule has 0 radical (unpaired) electrons. The summed E-state index contributed by atoms with van der Waals surface area (Å²) < 4.78 is 8.79. The number of rotatable bonds is 2. The molecule has 0 saturated carbocycles. The van der Waals surface area contributed by atoms with E-state index in [0.29, 0.717) is 0 Å². The van der Waals surface area contributed by atoms with E-state index >= 15 is 0 Å². The van der Waals surface area contributed by atoms with Gasteiger partial charge in [0, 0.05) is 27.7 Å². The van der Waals surface area contributed by atoms with Crippen LogP contribution >= 0.6 is 0 Å². The van der Waals surface area contributed by atoms with Crippen LogP contribution in [0.2, 0.25) is 0 Å². The minimum absolute atomic E-state index is 0.134. The van der Waals surface area contributed by atoms with Gasteiger partial charge in [0.1, 0.15) is 11.5 Å². The van der Waals surface area contributed by atoms with Crippen LogP contribution in [0.25, 0.3) is 281 Å². The van der Waals surface area contributed by atoms with Crippen LogP contribution in [0.15, 0.2) is 170 Å². The van der Waals surface area contributed by atoms with E-state index in [1.165, 1.54) is 348 Å². The fourth-order valence-electron chi connectivity index (χ4n) is 29.1. The number of fused-ring (bicyclic) bond motifs is 14.